The van der Waals surface area contributed by atoms with Crippen LogP contribution in [0.2, 0.25) is 0 Å². The van der Waals surface area contributed by atoms with Gasteiger partial charge in [-0.3, -0.25) is 9.78 Å². The lowest BCUT2D eigenvalue weighted by Crippen LogP contribution is -2.17. The van der Waals surface area contributed by atoms with Crippen LogP contribution < -0.4 is 5.43 Å². The van der Waals surface area contributed by atoms with Crippen molar-refractivity contribution in [3.05, 3.63) is 127 Å². The molecule has 6 heteroatoms. The molecule has 5 aromatic rings. The molecule has 34 heavy (non-hydrogen) atoms. The van der Waals surface area contributed by atoms with Gasteiger partial charge in [0.2, 0.25) is 0 Å². The molecule has 0 aliphatic carbocycles. The lowest BCUT2D eigenvalue weighted by Gasteiger charge is -2.08. The number of amides is 1. The number of carbonyl (C=O) groups excluding carboxylic acids is 1. The van der Waals surface area contributed by atoms with Gasteiger partial charge < -0.3 is 0 Å². The van der Waals surface area contributed by atoms with E-state index in [0.717, 1.165) is 33.8 Å². The first-order chi connectivity index (χ1) is 16.8. The Hall–Kier alpha value is -4.84. The van der Waals surface area contributed by atoms with Crippen molar-refractivity contribution in [1.29, 1.82) is 0 Å². The number of nitrogens with zero attached hydrogens (tertiary/aromatic N) is 4. The third-order valence-corrected chi connectivity index (χ3v) is 5.31. The standard InChI is InChI=1S/C28H21N5O/c34-28(24-15-17-29-18-16-24)31-30-20-21-11-13-25(14-12-21)33-27(23-9-5-2-6-10-23)19-26(32-33)22-7-3-1-4-8-22/h1-20H,(H,31,34)/b30-20-. The van der Waals surface area contributed by atoms with Crippen molar-refractivity contribution in [2.45, 2.75) is 0 Å². The summed E-state index contributed by atoms with van der Waals surface area (Å²) < 4.78 is 1.95. The first-order valence-electron chi connectivity index (χ1n) is 10.8. The van der Waals surface area contributed by atoms with E-state index in [1.807, 2.05) is 65.3 Å². The lowest BCUT2D eigenvalue weighted by molar-refractivity contribution is 0.0955. The molecule has 0 fully saturated rings. The number of pyridine rings is 1. The van der Waals surface area contributed by atoms with E-state index in [0.29, 0.717) is 5.56 Å². The van der Waals surface area contributed by atoms with E-state index in [1.165, 1.54) is 0 Å². The highest BCUT2D eigenvalue weighted by Gasteiger charge is 2.13. The smallest absolute Gasteiger partial charge is 0.267 e. The predicted molar refractivity (Wildman–Crippen MR) is 134 cm³/mol. The molecule has 0 aliphatic heterocycles. The molecular formula is C28H21N5O. The number of carbonyl (C=O) groups is 1. The molecule has 2 aromatic heterocycles. The molecule has 5 rings (SSSR count). The topological polar surface area (TPSA) is 72.2 Å². The highest BCUT2D eigenvalue weighted by molar-refractivity contribution is 5.94. The fourth-order valence-corrected chi connectivity index (χ4v) is 3.58. The quantitative estimate of drug-likeness (QED) is 0.283. The zero-order chi connectivity index (χ0) is 23.2. The Balaban J connectivity index is 1.40. The molecule has 0 bridgehead atoms. The molecule has 0 aliphatic rings. The van der Waals surface area contributed by atoms with Gasteiger partial charge in [-0.15, -0.1) is 0 Å². The lowest BCUT2D eigenvalue weighted by atomic mass is 10.1. The molecule has 0 radical (unpaired) electrons. The number of hydrogen-bond donors (Lipinski definition) is 1. The van der Waals surface area contributed by atoms with Crippen LogP contribution in [0.15, 0.2) is 121 Å². The number of aromatic nitrogens is 3. The van der Waals surface area contributed by atoms with Crippen LogP contribution in [-0.4, -0.2) is 26.9 Å². The molecule has 0 atom stereocenters. The third-order valence-electron chi connectivity index (χ3n) is 5.31. The summed E-state index contributed by atoms with van der Waals surface area (Å²) in [5, 5.41) is 8.96. The minimum atomic E-state index is -0.284. The van der Waals surface area contributed by atoms with E-state index in [2.05, 4.69) is 45.8 Å². The summed E-state index contributed by atoms with van der Waals surface area (Å²) in [4.78, 5) is 16.0. The second kappa shape index (κ2) is 9.75. The fourth-order valence-electron chi connectivity index (χ4n) is 3.58. The molecule has 0 spiro atoms. The van der Waals surface area contributed by atoms with Gasteiger partial charge in [0.1, 0.15) is 0 Å². The second-order valence-electron chi connectivity index (χ2n) is 7.59. The van der Waals surface area contributed by atoms with Crippen molar-refractivity contribution in [2.24, 2.45) is 5.10 Å². The van der Waals surface area contributed by atoms with Gasteiger partial charge in [-0.1, -0.05) is 72.8 Å². The molecule has 0 saturated heterocycles. The Labute approximate surface area is 197 Å². The van der Waals surface area contributed by atoms with Gasteiger partial charge in [-0.2, -0.15) is 10.2 Å². The number of hydrazone groups is 1. The van der Waals surface area contributed by atoms with Gasteiger partial charge in [-0.05, 0) is 35.9 Å². The minimum Gasteiger partial charge on any atom is -0.267 e. The Bertz CT molecular complexity index is 1410. The third kappa shape index (κ3) is 4.66. The van der Waals surface area contributed by atoms with Crippen molar-refractivity contribution < 1.29 is 4.79 Å². The van der Waals surface area contributed by atoms with Crippen LogP contribution in [0.5, 0.6) is 0 Å². The summed E-state index contributed by atoms with van der Waals surface area (Å²) in [6, 6.07) is 33.6. The Morgan fingerprint density at radius 1 is 0.794 bits per heavy atom. The Morgan fingerprint density at radius 2 is 1.44 bits per heavy atom. The van der Waals surface area contributed by atoms with Gasteiger partial charge >= 0.3 is 0 Å². The zero-order valence-corrected chi connectivity index (χ0v) is 18.2. The van der Waals surface area contributed by atoms with E-state index < -0.39 is 0 Å². The highest BCUT2D eigenvalue weighted by atomic mass is 16.2. The van der Waals surface area contributed by atoms with Gasteiger partial charge in [0.15, 0.2) is 0 Å². The largest absolute Gasteiger partial charge is 0.271 e. The number of hydrogen-bond acceptors (Lipinski definition) is 4. The molecule has 164 valence electrons. The molecule has 2 heterocycles. The summed E-state index contributed by atoms with van der Waals surface area (Å²) in [6.07, 6.45) is 4.75. The van der Waals surface area contributed by atoms with Crippen molar-refractivity contribution in [3.8, 4) is 28.2 Å². The number of benzene rings is 3. The summed E-state index contributed by atoms with van der Waals surface area (Å²) in [7, 11) is 0. The summed E-state index contributed by atoms with van der Waals surface area (Å²) in [5.41, 5.74) is 8.88. The molecule has 0 saturated carbocycles. The number of rotatable bonds is 6. The summed E-state index contributed by atoms with van der Waals surface area (Å²) in [6.45, 7) is 0. The van der Waals surface area contributed by atoms with E-state index in [9.17, 15) is 4.79 Å². The van der Waals surface area contributed by atoms with Crippen LogP contribution in [0.3, 0.4) is 0 Å². The van der Waals surface area contributed by atoms with Crippen molar-refractivity contribution in [2.75, 3.05) is 0 Å². The van der Waals surface area contributed by atoms with Gasteiger partial charge in [0.05, 0.1) is 23.3 Å². The Morgan fingerprint density at radius 3 is 2.12 bits per heavy atom. The SMILES string of the molecule is O=C(N/N=C\c1ccc(-n2nc(-c3ccccc3)cc2-c2ccccc2)cc1)c1ccncc1. The van der Waals surface area contributed by atoms with E-state index >= 15 is 0 Å². The first kappa shape index (κ1) is 21.0. The molecule has 1 N–H and O–H groups in total. The van der Waals surface area contributed by atoms with E-state index in [-0.39, 0.29) is 5.91 Å². The molecule has 0 unspecified atom stereocenters. The average molecular weight is 444 g/mol. The second-order valence-corrected chi connectivity index (χ2v) is 7.59. The maximum Gasteiger partial charge on any atom is 0.271 e. The van der Waals surface area contributed by atoms with Crippen LogP contribution in [0.25, 0.3) is 28.2 Å². The van der Waals surface area contributed by atoms with Crippen molar-refractivity contribution in [3.63, 3.8) is 0 Å². The molecule has 6 nitrogen and oxygen atoms in total. The first-order valence-corrected chi connectivity index (χ1v) is 10.8. The minimum absolute atomic E-state index is 0.284. The fraction of sp³-hybridized carbons (Fsp3) is 0. The van der Waals surface area contributed by atoms with Crippen LogP contribution in [0.1, 0.15) is 15.9 Å². The summed E-state index contributed by atoms with van der Waals surface area (Å²) in [5.74, 6) is -0.284. The highest BCUT2D eigenvalue weighted by Crippen LogP contribution is 2.28. The summed E-state index contributed by atoms with van der Waals surface area (Å²) >= 11 is 0. The van der Waals surface area contributed by atoms with Gasteiger partial charge in [0.25, 0.3) is 5.91 Å². The van der Waals surface area contributed by atoms with E-state index in [1.54, 1.807) is 30.7 Å². The molecule has 1 amide bonds. The van der Waals surface area contributed by atoms with Crippen LogP contribution in [0, 0.1) is 0 Å². The maximum atomic E-state index is 12.1. The normalized spacial score (nSPS) is 10.9. The molecular weight excluding hydrogens is 422 g/mol. The van der Waals surface area contributed by atoms with Crippen LogP contribution in [-0.2, 0) is 0 Å². The monoisotopic (exact) mass is 443 g/mol. The zero-order valence-electron chi connectivity index (χ0n) is 18.2. The van der Waals surface area contributed by atoms with E-state index in [4.69, 9.17) is 5.10 Å². The number of nitrogens with one attached hydrogen (secondary N) is 1. The van der Waals surface area contributed by atoms with Crippen LogP contribution >= 0.6 is 0 Å². The van der Waals surface area contributed by atoms with Crippen LogP contribution in [0.4, 0.5) is 0 Å². The van der Waals surface area contributed by atoms with Crippen molar-refractivity contribution in [1.82, 2.24) is 20.2 Å². The predicted octanol–water partition coefficient (Wildman–Crippen LogP) is 5.37. The van der Waals surface area contributed by atoms with Gasteiger partial charge in [0, 0.05) is 29.1 Å². The molecule has 3 aromatic carbocycles. The van der Waals surface area contributed by atoms with Crippen molar-refractivity contribution >= 4 is 12.1 Å². The average Bonchev–Trinajstić information content (AvgIpc) is 3.36. The van der Waals surface area contributed by atoms with Gasteiger partial charge in [-0.25, -0.2) is 10.1 Å². The Kier molecular flexibility index (Phi) is 6.03. The maximum absolute atomic E-state index is 12.1.